The van der Waals surface area contributed by atoms with Crippen molar-refractivity contribution in [1.82, 2.24) is 24.7 Å². The van der Waals surface area contributed by atoms with Crippen LogP contribution in [0.15, 0.2) is 18.6 Å². The van der Waals surface area contributed by atoms with Crippen LogP contribution in [0.25, 0.3) is 0 Å². The molecule has 6 nitrogen and oxygen atoms in total. The van der Waals surface area contributed by atoms with Gasteiger partial charge in [-0.3, -0.25) is 0 Å². The molecule has 0 saturated heterocycles. The average Bonchev–Trinajstić information content (AvgIpc) is 2.77. The maximum absolute atomic E-state index is 6.15. The molecule has 0 radical (unpaired) electrons. The number of rotatable bonds is 4. The molecule has 0 aliphatic heterocycles. The van der Waals surface area contributed by atoms with E-state index in [0.717, 1.165) is 24.5 Å². The lowest BCUT2D eigenvalue weighted by molar-refractivity contribution is 0.549. The van der Waals surface area contributed by atoms with Gasteiger partial charge < -0.3 is 5.73 Å². The van der Waals surface area contributed by atoms with Crippen molar-refractivity contribution < 1.29 is 0 Å². The predicted molar refractivity (Wildman–Crippen MR) is 63.1 cm³/mol. The lowest BCUT2D eigenvalue weighted by atomic mass is 10.2. The normalized spacial score (nSPS) is 12.6. The molecule has 90 valence electrons. The Morgan fingerprint density at radius 3 is 2.94 bits per heavy atom. The zero-order valence-corrected chi connectivity index (χ0v) is 10.0. The Morgan fingerprint density at radius 2 is 2.24 bits per heavy atom. The van der Waals surface area contributed by atoms with Crippen molar-refractivity contribution in [2.24, 2.45) is 5.73 Å². The lowest BCUT2D eigenvalue weighted by Gasteiger charge is -2.11. The standard InChI is InChI=1S/C11H16N6/c1-3-6-17-11(14-7-15-17)10(12)9-4-5-13-8(2)16-9/h4-5,7,10H,3,6,12H2,1-2H3. The zero-order chi connectivity index (χ0) is 12.3. The third-order valence-corrected chi connectivity index (χ3v) is 2.48. The minimum Gasteiger partial charge on any atom is -0.316 e. The van der Waals surface area contributed by atoms with Crippen LogP contribution in [0.4, 0.5) is 0 Å². The third kappa shape index (κ3) is 2.47. The van der Waals surface area contributed by atoms with Crippen molar-refractivity contribution in [3.63, 3.8) is 0 Å². The van der Waals surface area contributed by atoms with Gasteiger partial charge in [0.2, 0.25) is 0 Å². The molecule has 0 bridgehead atoms. The molecule has 0 amide bonds. The van der Waals surface area contributed by atoms with E-state index in [0.29, 0.717) is 5.82 Å². The summed E-state index contributed by atoms with van der Waals surface area (Å²) in [6, 6.07) is 1.45. The fourth-order valence-electron chi connectivity index (χ4n) is 1.68. The van der Waals surface area contributed by atoms with Crippen LogP contribution in [-0.2, 0) is 6.54 Å². The van der Waals surface area contributed by atoms with Crippen LogP contribution in [0.3, 0.4) is 0 Å². The molecular weight excluding hydrogens is 216 g/mol. The Morgan fingerprint density at radius 1 is 1.41 bits per heavy atom. The van der Waals surface area contributed by atoms with Crippen LogP contribution < -0.4 is 5.73 Å². The molecule has 0 aliphatic rings. The first kappa shape index (κ1) is 11.7. The largest absolute Gasteiger partial charge is 0.316 e. The second kappa shape index (κ2) is 5.01. The maximum Gasteiger partial charge on any atom is 0.149 e. The first-order valence-corrected chi connectivity index (χ1v) is 5.65. The summed E-state index contributed by atoms with van der Waals surface area (Å²) in [6.45, 7) is 4.74. The molecule has 0 spiro atoms. The first-order valence-electron chi connectivity index (χ1n) is 5.65. The van der Waals surface area contributed by atoms with E-state index in [1.54, 1.807) is 6.20 Å². The molecule has 2 aromatic heterocycles. The third-order valence-electron chi connectivity index (χ3n) is 2.48. The van der Waals surface area contributed by atoms with Gasteiger partial charge in [-0.2, -0.15) is 5.10 Å². The van der Waals surface area contributed by atoms with Gasteiger partial charge in [-0.15, -0.1) is 0 Å². The molecule has 6 heteroatoms. The number of hydrogen-bond donors (Lipinski definition) is 1. The van der Waals surface area contributed by atoms with Gasteiger partial charge in [0.1, 0.15) is 24.0 Å². The molecule has 2 N–H and O–H groups in total. The molecule has 1 atom stereocenters. The molecule has 17 heavy (non-hydrogen) atoms. The first-order chi connectivity index (χ1) is 8.22. The smallest absolute Gasteiger partial charge is 0.149 e. The topological polar surface area (TPSA) is 82.5 Å². The van der Waals surface area contributed by atoms with Gasteiger partial charge in [0.15, 0.2) is 0 Å². The fourth-order valence-corrected chi connectivity index (χ4v) is 1.68. The van der Waals surface area contributed by atoms with Gasteiger partial charge in [0.05, 0.1) is 5.69 Å². The zero-order valence-electron chi connectivity index (χ0n) is 10.0. The summed E-state index contributed by atoms with van der Waals surface area (Å²) in [7, 11) is 0. The van der Waals surface area contributed by atoms with Crippen LogP contribution in [-0.4, -0.2) is 24.7 Å². The molecular formula is C11H16N6. The van der Waals surface area contributed by atoms with E-state index in [1.165, 1.54) is 6.33 Å². The van der Waals surface area contributed by atoms with E-state index in [9.17, 15) is 0 Å². The minimum absolute atomic E-state index is 0.356. The molecule has 2 rings (SSSR count). The molecule has 0 saturated carbocycles. The number of nitrogens with zero attached hydrogens (tertiary/aromatic N) is 5. The van der Waals surface area contributed by atoms with Crippen molar-refractivity contribution in [3.8, 4) is 0 Å². The van der Waals surface area contributed by atoms with Crippen molar-refractivity contribution in [3.05, 3.63) is 35.9 Å². The van der Waals surface area contributed by atoms with Crippen molar-refractivity contribution in [2.45, 2.75) is 32.9 Å². The Balaban J connectivity index is 2.30. The Bertz CT molecular complexity index is 492. The highest BCUT2D eigenvalue weighted by Crippen LogP contribution is 2.14. The fraction of sp³-hybridized carbons (Fsp3) is 0.455. The van der Waals surface area contributed by atoms with Crippen LogP contribution in [0.5, 0.6) is 0 Å². The van der Waals surface area contributed by atoms with Gasteiger partial charge >= 0.3 is 0 Å². The highest BCUT2D eigenvalue weighted by atomic mass is 15.3. The second-order valence-electron chi connectivity index (χ2n) is 3.85. The Kier molecular flexibility index (Phi) is 3.43. The number of aryl methyl sites for hydroxylation is 2. The van der Waals surface area contributed by atoms with Crippen LogP contribution in [0.2, 0.25) is 0 Å². The summed E-state index contributed by atoms with van der Waals surface area (Å²) in [4.78, 5) is 12.6. The molecule has 0 aromatic carbocycles. The van der Waals surface area contributed by atoms with Gasteiger partial charge in [0.25, 0.3) is 0 Å². The van der Waals surface area contributed by atoms with Gasteiger partial charge in [-0.1, -0.05) is 6.92 Å². The van der Waals surface area contributed by atoms with Crippen LogP contribution >= 0.6 is 0 Å². The predicted octanol–water partition coefficient (Wildman–Crippen LogP) is 0.835. The van der Waals surface area contributed by atoms with Gasteiger partial charge in [0, 0.05) is 12.7 Å². The van der Waals surface area contributed by atoms with Crippen molar-refractivity contribution in [2.75, 3.05) is 0 Å². The van der Waals surface area contributed by atoms with E-state index in [-0.39, 0.29) is 6.04 Å². The summed E-state index contributed by atoms with van der Waals surface area (Å²) in [5.41, 5.74) is 6.91. The summed E-state index contributed by atoms with van der Waals surface area (Å²) in [5, 5.41) is 4.16. The summed E-state index contributed by atoms with van der Waals surface area (Å²) >= 11 is 0. The molecule has 2 heterocycles. The van der Waals surface area contributed by atoms with E-state index in [1.807, 2.05) is 17.7 Å². The summed E-state index contributed by atoms with van der Waals surface area (Å²) in [5.74, 6) is 1.45. The second-order valence-corrected chi connectivity index (χ2v) is 3.85. The maximum atomic E-state index is 6.15. The van der Waals surface area contributed by atoms with Gasteiger partial charge in [-0.05, 0) is 19.4 Å². The molecule has 1 unspecified atom stereocenters. The quantitative estimate of drug-likeness (QED) is 0.844. The van der Waals surface area contributed by atoms with E-state index < -0.39 is 0 Å². The SMILES string of the molecule is CCCn1ncnc1C(N)c1ccnc(C)n1. The summed E-state index contributed by atoms with van der Waals surface area (Å²) in [6.07, 6.45) is 4.23. The molecule has 2 aromatic rings. The Labute approximate surface area is 99.9 Å². The van der Waals surface area contributed by atoms with Crippen molar-refractivity contribution >= 4 is 0 Å². The monoisotopic (exact) mass is 232 g/mol. The highest BCUT2D eigenvalue weighted by molar-refractivity contribution is 5.15. The van der Waals surface area contributed by atoms with Crippen LogP contribution in [0, 0.1) is 6.92 Å². The Hall–Kier alpha value is -1.82. The lowest BCUT2D eigenvalue weighted by Crippen LogP contribution is -2.20. The highest BCUT2D eigenvalue weighted by Gasteiger charge is 2.16. The van der Waals surface area contributed by atoms with Gasteiger partial charge in [-0.25, -0.2) is 19.6 Å². The van der Waals surface area contributed by atoms with E-state index in [2.05, 4.69) is 27.0 Å². The number of aromatic nitrogens is 5. The molecule has 0 fully saturated rings. The van der Waals surface area contributed by atoms with E-state index in [4.69, 9.17) is 5.73 Å². The van der Waals surface area contributed by atoms with Crippen molar-refractivity contribution in [1.29, 1.82) is 0 Å². The van der Waals surface area contributed by atoms with E-state index >= 15 is 0 Å². The summed E-state index contributed by atoms with van der Waals surface area (Å²) < 4.78 is 1.82. The molecule has 0 aliphatic carbocycles. The number of nitrogens with two attached hydrogens (primary N) is 1. The minimum atomic E-state index is -0.356. The number of hydrogen-bond acceptors (Lipinski definition) is 5. The average molecular weight is 232 g/mol. The van der Waals surface area contributed by atoms with Crippen LogP contribution in [0.1, 0.15) is 36.7 Å².